The van der Waals surface area contributed by atoms with Gasteiger partial charge in [-0.1, -0.05) is 0 Å². The molecular weight excluding hydrogens is 224 g/mol. The van der Waals surface area contributed by atoms with Crippen molar-refractivity contribution in [1.82, 2.24) is 20.4 Å². The second-order valence-corrected chi connectivity index (χ2v) is 3.69. The third-order valence-electron chi connectivity index (χ3n) is 2.15. The van der Waals surface area contributed by atoms with E-state index in [-0.39, 0.29) is 0 Å². The Balaban J connectivity index is 2.22. The zero-order chi connectivity index (χ0) is 12.8. The van der Waals surface area contributed by atoms with Crippen molar-refractivity contribution in [1.29, 1.82) is 0 Å². The summed E-state index contributed by atoms with van der Waals surface area (Å²) in [4.78, 5) is 21.7. The Bertz CT molecular complexity index is 402. The summed E-state index contributed by atoms with van der Waals surface area (Å²) in [5.74, 6) is -1.06. The van der Waals surface area contributed by atoms with E-state index in [0.717, 1.165) is 5.69 Å². The Hall–Kier alpha value is -2.05. The van der Waals surface area contributed by atoms with Gasteiger partial charge in [-0.15, -0.1) is 0 Å². The number of nitrogens with zero attached hydrogens (tertiary/aromatic N) is 2. The van der Waals surface area contributed by atoms with Gasteiger partial charge in [0.05, 0.1) is 5.69 Å². The first-order valence-corrected chi connectivity index (χ1v) is 5.24. The standard InChI is InChI=1S/C10H16N4O3/c1-7(9(15)16)12-10(17)11-5-3-8-4-6-14(2)13-8/h4,6-7H,3,5H2,1-2H3,(H,15,16)(H2,11,12,17)/t7-/m0/s1. The topological polar surface area (TPSA) is 96.3 Å². The zero-order valence-electron chi connectivity index (χ0n) is 9.80. The van der Waals surface area contributed by atoms with Crippen LogP contribution in [-0.4, -0.2) is 39.5 Å². The van der Waals surface area contributed by atoms with Gasteiger partial charge in [-0.25, -0.2) is 4.79 Å². The van der Waals surface area contributed by atoms with Gasteiger partial charge < -0.3 is 15.7 Å². The quantitative estimate of drug-likeness (QED) is 0.660. The van der Waals surface area contributed by atoms with Crippen LogP contribution in [0.2, 0.25) is 0 Å². The van der Waals surface area contributed by atoms with Gasteiger partial charge in [-0.2, -0.15) is 5.10 Å². The molecular formula is C10H16N4O3. The van der Waals surface area contributed by atoms with Crippen molar-refractivity contribution in [3.63, 3.8) is 0 Å². The van der Waals surface area contributed by atoms with Gasteiger partial charge in [-0.3, -0.25) is 9.48 Å². The van der Waals surface area contributed by atoms with Crippen LogP contribution in [0.5, 0.6) is 0 Å². The molecule has 0 aliphatic carbocycles. The molecule has 1 atom stereocenters. The molecule has 7 heteroatoms. The number of hydrogen-bond donors (Lipinski definition) is 3. The van der Waals surface area contributed by atoms with E-state index in [1.54, 1.807) is 4.68 Å². The number of carboxylic acids is 1. The Morgan fingerprint density at radius 2 is 2.29 bits per heavy atom. The highest BCUT2D eigenvalue weighted by atomic mass is 16.4. The Morgan fingerprint density at radius 1 is 1.59 bits per heavy atom. The van der Waals surface area contributed by atoms with E-state index in [1.165, 1.54) is 6.92 Å². The zero-order valence-corrected chi connectivity index (χ0v) is 9.80. The maximum absolute atomic E-state index is 11.2. The number of aromatic nitrogens is 2. The van der Waals surface area contributed by atoms with Gasteiger partial charge in [0.1, 0.15) is 6.04 Å². The monoisotopic (exact) mass is 240 g/mol. The summed E-state index contributed by atoms with van der Waals surface area (Å²) < 4.78 is 1.68. The summed E-state index contributed by atoms with van der Waals surface area (Å²) in [6, 6.07) is 0.472. The van der Waals surface area contributed by atoms with Crippen LogP contribution in [0.15, 0.2) is 12.3 Å². The molecule has 0 spiro atoms. The third kappa shape index (κ3) is 4.54. The van der Waals surface area contributed by atoms with Crippen molar-refractivity contribution in [2.24, 2.45) is 7.05 Å². The van der Waals surface area contributed by atoms with E-state index in [0.29, 0.717) is 13.0 Å². The molecule has 0 aliphatic rings. The SMILES string of the molecule is C[C@H](NC(=O)NCCc1ccn(C)n1)C(=O)O. The highest BCUT2D eigenvalue weighted by Gasteiger charge is 2.12. The number of nitrogens with one attached hydrogen (secondary N) is 2. The van der Waals surface area contributed by atoms with Crippen molar-refractivity contribution in [3.05, 3.63) is 18.0 Å². The average Bonchev–Trinajstić information content (AvgIpc) is 2.64. The molecule has 1 heterocycles. The number of carbonyl (C=O) groups excluding carboxylic acids is 1. The van der Waals surface area contributed by atoms with Crippen molar-refractivity contribution < 1.29 is 14.7 Å². The van der Waals surface area contributed by atoms with Gasteiger partial charge in [0, 0.05) is 26.2 Å². The number of aryl methyl sites for hydroxylation is 1. The number of aliphatic carboxylic acids is 1. The average molecular weight is 240 g/mol. The number of amides is 2. The summed E-state index contributed by atoms with van der Waals surface area (Å²) in [5, 5.41) is 17.6. The minimum atomic E-state index is -1.06. The highest BCUT2D eigenvalue weighted by molar-refractivity contribution is 5.82. The molecule has 1 rings (SSSR count). The minimum absolute atomic E-state index is 0.412. The molecule has 0 fully saturated rings. The molecule has 0 aromatic carbocycles. The fourth-order valence-electron chi connectivity index (χ4n) is 1.21. The first kappa shape index (κ1) is 13.0. The van der Waals surface area contributed by atoms with E-state index in [4.69, 9.17) is 5.11 Å². The predicted octanol–water partition coefficient (Wildman–Crippen LogP) is -0.265. The molecule has 3 N–H and O–H groups in total. The van der Waals surface area contributed by atoms with E-state index >= 15 is 0 Å². The fraction of sp³-hybridized carbons (Fsp3) is 0.500. The minimum Gasteiger partial charge on any atom is -0.480 e. The largest absolute Gasteiger partial charge is 0.480 e. The van der Waals surface area contributed by atoms with Crippen LogP contribution in [0.4, 0.5) is 4.79 Å². The number of carboxylic acid groups (broad SMARTS) is 1. The lowest BCUT2D eigenvalue weighted by Crippen LogP contribution is -2.44. The van der Waals surface area contributed by atoms with Crippen LogP contribution >= 0.6 is 0 Å². The Kier molecular flexibility index (Phi) is 4.50. The van der Waals surface area contributed by atoms with E-state index < -0.39 is 18.0 Å². The maximum atomic E-state index is 11.2. The van der Waals surface area contributed by atoms with E-state index in [1.807, 2.05) is 19.3 Å². The summed E-state index contributed by atoms with van der Waals surface area (Å²) in [5.41, 5.74) is 0.874. The van der Waals surface area contributed by atoms with Gasteiger partial charge in [0.25, 0.3) is 0 Å². The lowest BCUT2D eigenvalue weighted by Gasteiger charge is -2.09. The predicted molar refractivity (Wildman–Crippen MR) is 60.5 cm³/mol. The van der Waals surface area contributed by atoms with E-state index in [2.05, 4.69) is 15.7 Å². The van der Waals surface area contributed by atoms with Crippen LogP contribution < -0.4 is 10.6 Å². The molecule has 94 valence electrons. The first-order valence-electron chi connectivity index (χ1n) is 5.24. The van der Waals surface area contributed by atoms with E-state index in [9.17, 15) is 9.59 Å². The van der Waals surface area contributed by atoms with Crippen molar-refractivity contribution >= 4 is 12.0 Å². The van der Waals surface area contributed by atoms with Crippen LogP contribution in [0, 0.1) is 0 Å². The van der Waals surface area contributed by atoms with Crippen molar-refractivity contribution in [2.45, 2.75) is 19.4 Å². The molecule has 7 nitrogen and oxygen atoms in total. The molecule has 2 amide bonds. The van der Waals surface area contributed by atoms with Crippen LogP contribution in [0.25, 0.3) is 0 Å². The van der Waals surface area contributed by atoms with Crippen LogP contribution in [0.1, 0.15) is 12.6 Å². The summed E-state index contributed by atoms with van der Waals surface area (Å²) >= 11 is 0. The molecule has 0 saturated heterocycles. The normalized spacial score (nSPS) is 11.9. The van der Waals surface area contributed by atoms with Crippen LogP contribution in [-0.2, 0) is 18.3 Å². The van der Waals surface area contributed by atoms with Gasteiger partial charge in [0.15, 0.2) is 0 Å². The van der Waals surface area contributed by atoms with Crippen molar-refractivity contribution in [2.75, 3.05) is 6.54 Å². The molecule has 17 heavy (non-hydrogen) atoms. The third-order valence-corrected chi connectivity index (χ3v) is 2.15. The number of urea groups is 1. The first-order chi connectivity index (χ1) is 7.99. The highest BCUT2D eigenvalue weighted by Crippen LogP contribution is 1.93. The van der Waals surface area contributed by atoms with Gasteiger partial charge in [0.2, 0.25) is 0 Å². The fourth-order valence-corrected chi connectivity index (χ4v) is 1.21. The second kappa shape index (κ2) is 5.88. The second-order valence-electron chi connectivity index (χ2n) is 3.69. The molecule has 0 unspecified atom stereocenters. The summed E-state index contributed by atoms with van der Waals surface area (Å²) in [6.45, 7) is 1.82. The number of carbonyl (C=O) groups is 2. The molecule has 0 radical (unpaired) electrons. The molecule has 1 aromatic rings. The Morgan fingerprint density at radius 3 is 2.82 bits per heavy atom. The van der Waals surface area contributed by atoms with Crippen molar-refractivity contribution in [3.8, 4) is 0 Å². The van der Waals surface area contributed by atoms with Gasteiger partial charge >= 0.3 is 12.0 Å². The van der Waals surface area contributed by atoms with Gasteiger partial charge in [-0.05, 0) is 13.0 Å². The molecule has 0 aliphatic heterocycles. The Labute approximate surface area is 98.8 Å². The maximum Gasteiger partial charge on any atom is 0.325 e. The molecule has 0 saturated carbocycles. The lowest BCUT2D eigenvalue weighted by atomic mass is 10.3. The number of hydrogen-bond acceptors (Lipinski definition) is 3. The molecule has 1 aromatic heterocycles. The smallest absolute Gasteiger partial charge is 0.325 e. The number of rotatable bonds is 5. The van der Waals surface area contributed by atoms with Crippen LogP contribution in [0.3, 0.4) is 0 Å². The summed E-state index contributed by atoms with van der Waals surface area (Å²) in [6.07, 6.45) is 2.43. The lowest BCUT2D eigenvalue weighted by molar-refractivity contribution is -0.138. The molecule has 0 bridgehead atoms. The summed E-state index contributed by atoms with van der Waals surface area (Å²) in [7, 11) is 1.82.